The van der Waals surface area contributed by atoms with Gasteiger partial charge in [-0.15, -0.1) is 0 Å². The van der Waals surface area contributed by atoms with Gasteiger partial charge in [-0.1, -0.05) is 24.3 Å². The quantitative estimate of drug-likeness (QED) is 0.473. The van der Waals surface area contributed by atoms with Gasteiger partial charge < -0.3 is 9.64 Å². The number of piperidine rings is 1. The summed E-state index contributed by atoms with van der Waals surface area (Å²) in [5, 5.41) is 0. The molecule has 3 aliphatic rings. The number of anilines is 2. The maximum absolute atomic E-state index is 15.1. The normalized spacial score (nSPS) is 24.0. The second-order valence-electron chi connectivity index (χ2n) is 11.0. The van der Waals surface area contributed by atoms with E-state index in [1.54, 1.807) is 0 Å². The van der Waals surface area contributed by atoms with Crippen LogP contribution in [0.1, 0.15) is 45.1 Å². The van der Waals surface area contributed by atoms with Crippen molar-refractivity contribution >= 4 is 21.4 Å². The number of hydrogen-bond acceptors (Lipinski definition) is 5. The average molecular weight is 552 g/mol. The number of nitrogens with zero attached hydrogens (tertiary/aromatic N) is 2. The zero-order valence-corrected chi connectivity index (χ0v) is 22.7. The molecule has 1 saturated carbocycles. The Morgan fingerprint density at radius 2 is 1.63 bits per heavy atom. The Kier molecular flexibility index (Phi) is 7.68. The SMILES string of the molecule is C[C@@H]1CN(CC2CCN(c3c(F)cccc3NS(=O)(=O)c3ccccc3C(F)(F)C3CC3)CC2)C[C@H](C)O1. The van der Waals surface area contributed by atoms with E-state index in [4.69, 9.17) is 4.74 Å². The van der Waals surface area contributed by atoms with Gasteiger partial charge in [0.05, 0.1) is 28.5 Å². The van der Waals surface area contributed by atoms with E-state index >= 15 is 4.39 Å². The molecule has 1 aliphatic carbocycles. The Labute approximate surface area is 223 Å². The molecule has 10 heteroatoms. The minimum atomic E-state index is -4.39. The second-order valence-corrected chi connectivity index (χ2v) is 12.7. The van der Waals surface area contributed by atoms with Crippen molar-refractivity contribution in [3.05, 3.63) is 53.8 Å². The maximum Gasteiger partial charge on any atom is 0.277 e. The number of rotatable bonds is 8. The summed E-state index contributed by atoms with van der Waals surface area (Å²) in [6.45, 7) is 8.05. The van der Waals surface area contributed by atoms with Crippen molar-refractivity contribution in [3.63, 3.8) is 0 Å². The number of ether oxygens (including phenoxy) is 1. The van der Waals surface area contributed by atoms with Gasteiger partial charge in [0.25, 0.3) is 15.9 Å². The third-order valence-electron chi connectivity index (χ3n) is 7.80. The summed E-state index contributed by atoms with van der Waals surface area (Å²) in [5.41, 5.74) is -0.293. The van der Waals surface area contributed by atoms with E-state index in [9.17, 15) is 17.2 Å². The van der Waals surface area contributed by atoms with Crippen molar-refractivity contribution in [1.82, 2.24) is 4.90 Å². The van der Waals surface area contributed by atoms with E-state index in [1.165, 1.54) is 42.5 Å². The smallest absolute Gasteiger partial charge is 0.277 e. The molecule has 0 spiro atoms. The molecule has 1 N–H and O–H groups in total. The van der Waals surface area contributed by atoms with Crippen molar-refractivity contribution in [2.75, 3.05) is 42.3 Å². The first-order chi connectivity index (χ1) is 18.0. The minimum Gasteiger partial charge on any atom is -0.373 e. The average Bonchev–Trinajstić information content (AvgIpc) is 3.71. The molecule has 0 bridgehead atoms. The van der Waals surface area contributed by atoms with Crippen LogP contribution in [-0.2, 0) is 20.7 Å². The standard InChI is InChI=1S/C28H36F3N3O3S/c1-19-16-33(17-20(2)37-19)18-21-12-14-34(15-13-21)27-24(29)7-5-8-25(27)32-38(35,36)26-9-4-3-6-23(26)28(30,31)22-10-11-22/h3-9,19-22,32H,10-18H2,1-2H3/t19-,20+. The number of sulfonamides is 1. The zero-order chi connectivity index (χ0) is 27.1. The van der Waals surface area contributed by atoms with Crippen molar-refractivity contribution < 1.29 is 26.3 Å². The number of hydrogen-bond donors (Lipinski definition) is 1. The second kappa shape index (κ2) is 10.7. The summed E-state index contributed by atoms with van der Waals surface area (Å²) in [7, 11) is -4.39. The molecule has 38 heavy (non-hydrogen) atoms. The molecule has 0 unspecified atom stereocenters. The largest absolute Gasteiger partial charge is 0.373 e. The summed E-state index contributed by atoms with van der Waals surface area (Å²) in [6, 6.07) is 9.40. The summed E-state index contributed by atoms with van der Waals surface area (Å²) >= 11 is 0. The van der Waals surface area contributed by atoms with Crippen molar-refractivity contribution in [2.24, 2.45) is 11.8 Å². The maximum atomic E-state index is 15.1. The number of nitrogens with one attached hydrogen (secondary N) is 1. The molecule has 0 aromatic heterocycles. The van der Waals surface area contributed by atoms with Crippen LogP contribution >= 0.6 is 0 Å². The summed E-state index contributed by atoms with van der Waals surface area (Å²) < 4.78 is 80.1. The Bertz CT molecular complexity index is 1240. The molecule has 0 amide bonds. The molecule has 0 radical (unpaired) electrons. The number of para-hydroxylation sites is 1. The molecule has 2 aromatic carbocycles. The molecule has 208 valence electrons. The first-order valence-corrected chi connectivity index (χ1v) is 14.9. The summed E-state index contributed by atoms with van der Waals surface area (Å²) in [6.07, 6.45) is 2.81. The Hall–Kier alpha value is -2.30. The lowest BCUT2D eigenvalue weighted by atomic mass is 9.95. The highest BCUT2D eigenvalue weighted by atomic mass is 32.2. The Morgan fingerprint density at radius 1 is 0.974 bits per heavy atom. The van der Waals surface area contributed by atoms with Crippen LogP contribution < -0.4 is 9.62 Å². The molecular formula is C28H36F3N3O3S. The van der Waals surface area contributed by atoms with E-state index in [0.29, 0.717) is 31.8 Å². The molecule has 2 aromatic rings. The van der Waals surface area contributed by atoms with E-state index in [1.807, 2.05) is 4.90 Å². The lowest BCUT2D eigenvalue weighted by molar-refractivity contribution is -0.0720. The highest BCUT2D eigenvalue weighted by Crippen LogP contribution is 2.51. The molecule has 2 heterocycles. The zero-order valence-electron chi connectivity index (χ0n) is 21.9. The first kappa shape index (κ1) is 27.3. The van der Waals surface area contributed by atoms with Gasteiger partial charge in [0.1, 0.15) is 5.82 Å². The molecule has 2 atom stereocenters. The van der Waals surface area contributed by atoms with Gasteiger partial charge in [0.15, 0.2) is 0 Å². The van der Waals surface area contributed by atoms with Crippen LogP contribution in [0.4, 0.5) is 24.5 Å². The van der Waals surface area contributed by atoms with Crippen LogP contribution in [0.25, 0.3) is 0 Å². The van der Waals surface area contributed by atoms with E-state index in [0.717, 1.165) is 32.5 Å². The van der Waals surface area contributed by atoms with Crippen LogP contribution in [0.5, 0.6) is 0 Å². The summed E-state index contributed by atoms with van der Waals surface area (Å²) in [4.78, 5) is 3.81. The Balaban J connectivity index is 1.32. The monoisotopic (exact) mass is 551 g/mol. The van der Waals surface area contributed by atoms with Crippen LogP contribution in [0.2, 0.25) is 0 Å². The van der Waals surface area contributed by atoms with Crippen molar-refractivity contribution in [1.29, 1.82) is 0 Å². The molecule has 3 fully saturated rings. The van der Waals surface area contributed by atoms with Gasteiger partial charge in [-0.25, -0.2) is 21.6 Å². The third-order valence-corrected chi connectivity index (χ3v) is 9.22. The van der Waals surface area contributed by atoms with Gasteiger partial charge in [-0.2, -0.15) is 0 Å². The van der Waals surface area contributed by atoms with Crippen molar-refractivity contribution in [2.45, 2.75) is 62.6 Å². The molecule has 5 rings (SSSR count). The first-order valence-electron chi connectivity index (χ1n) is 13.5. The fraction of sp³-hybridized carbons (Fsp3) is 0.571. The van der Waals surface area contributed by atoms with Crippen LogP contribution in [0, 0.1) is 17.7 Å². The predicted molar refractivity (Wildman–Crippen MR) is 142 cm³/mol. The molecule has 2 aliphatic heterocycles. The van der Waals surface area contributed by atoms with Crippen LogP contribution in [0.3, 0.4) is 0 Å². The molecule has 6 nitrogen and oxygen atoms in total. The van der Waals surface area contributed by atoms with Gasteiger partial charge in [-0.05, 0) is 63.6 Å². The summed E-state index contributed by atoms with van der Waals surface area (Å²) in [5.74, 6) is -4.19. The number of morpholine rings is 1. The van der Waals surface area contributed by atoms with E-state index in [2.05, 4.69) is 23.5 Å². The lowest BCUT2D eigenvalue weighted by Crippen LogP contribution is -2.48. The van der Waals surface area contributed by atoms with Crippen molar-refractivity contribution in [3.8, 4) is 0 Å². The molecule has 2 saturated heterocycles. The van der Waals surface area contributed by atoms with Gasteiger partial charge in [-0.3, -0.25) is 9.62 Å². The fourth-order valence-corrected chi connectivity index (χ4v) is 7.21. The highest BCUT2D eigenvalue weighted by Gasteiger charge is 2.50. The topological polar surface area (TPSA) is 61.9 Å². The number of alkyl halides is 2. The number of halogens is 3. The predicted octanol–water partition coefficient (Wildman–Crippen LogP) is 5.45. The van der Waals surface area contributed by atoms with Crippen LogP contribution in [-0.4, -0.2) is 58.2 Å². The fourth-order valence-electron chi connectivity index (χ4n) is 5.90. The highest BCUT2D eigenvalue weighted by molar-refractivity contribution is 7.92. The van der Waals surface area contributed by atoms with E-state index in [-0.39, 0.29) is 23.6 Å². The number of benzene rings is 2. The van der Waals surface area contributed by atoms with Gasteiger partial charge in [0, 0.05) is 44.2 Å². The third kappa shape index (κ3) is 5.82. The van der Waals surface area contributed by atoms with Gasteiger partial charge in [0.2, 0.25) is 0 Å². The van der Waals surface area contributed by atoms with E-state index < -0.39 is 38.1 Å². The minimum absolute atomic E-state index is 0.0591. The molecular weight excluding hydrogens is 515 g/mol. The van der Waals surface area contributed by atoms with Gasteiger partial charge >= 0.3 is 0 Å². The van der Waals surface area contributed by atoms with Crippen LogP contribution in [0.15, 0.2) is 47.4 Å². The Morgan fingerprint density at radius 3 is 2.29 bits per heavy atom. The lowest BCUT2D eigenvalue weighted by Gasteiger charge is -2.40.